The first-order valence-electron chi connectivity index (χ1n) is 2.45. The first-order chi connectivity index (χ1) is 4.75. The lowest BCUT2D eigenvalue weighted by Gasteiger charge is -1.99. The Morgan fingerprint density at radius 3 is 2.60 bits per heavy atom. The van der Waals surface area contributed by atoms with Crippen LogP contribution in [0.3, 0.4) is 0 Å². The highest BCUT2D eigenvalue weighted by molar-refractivity contribution is 6.41. The Balaban J connectivity index is 3.14. The SMILES string of the molecule is COc1ncnc(Cl)c1Cl. The highest BCUT2D eigenvalue weighted by Crippen LogP contribution is 2.26. The lowest BCUT2D eigenvalue weighted by Crippen LogP contribution is -1.89. The summed E-state index contributed by atoms with van der Waals surface area (Å²) in [4.78, 5) is 7.34. The minimum atomic E-state index is 0.202. The summed E-state index contributed by atoms with van der Waals surface area (Å²) in [5.74, 6) is 0.293. The molecular formula is C5H4Cl2N2O. The van der Waals surface area contributed by atoms with Crippen molar-refractivity contribution in [2.75, 3.05) is 7.11 Å². The molecular weight excluding hydrogens is 175 g/mol. The van der Waals surface area contributed by atoms with Crippen molar-refractivity contribution in [3.8, 4) is 5.88 Å². The van der Waals surface area contributed by atoms with Gasteiger partial charge in [-0.25, -0.2) is 9.97 Å². The van der Waals surface area contributed by atoms with Gasteiger partial charge in [-0.2, -0.15) is 0 Å². The minimum absolute atomic E-state index is 0.202. The molecule has 0 saturated carbocycles. The molecule has 0 amide bonds. The van der Waals surface area contributed by atoms with E-state index in [1.54, 1.807) is 0 Å². The molecule has 54 valence electrons. The number of halogens is 2. The van der Waals surface area contributed by atoms with Gasteiger partial charge < -0.3 is 4.74 Å². The molecule has 0 spiro atoms. The molecule has 0 saturated heterocycles. The summed E-state index contributed by atoms with van der Waals surface area (Å²) in [7, 11) is 1.46. The zero-order chi connectivity index (χ0) is 7.56. The monoisotopic (exact) mass is 178 g/mol. The Labute approximate surface area is 68.0 Å². The molecule has 10 heavy (non-hydrogen) atoms. The van der Waals surface area contributed by atoms with Crippen LogP contribution in [0.25, 0.3) is 0 Å². The van der Waals surface area contributed by atoms with Gasteiger partial charge in [-0.3, -0.25) is 0 Å². The van der Waals surface area contributed by atoms with Crippen LogP contribution in [0.15, 0.2) is 6.33 Å². The van der Waals surface area contributed by atoms with Crippen molar-refractivity contribution in [3.05, 3.63) is 16.5 Å². The van der Waals surface area contributed by atoms with Gasteiger partial charge in [0.1, 0.15) is 11.3 Å². The molecule has 0 aliphatic heterocycles. The maximum Gasteiger partial charge on any atom is 0.237 e. The van der Waals surface area contributed by atoms with E-state index in [4.69, 9.17) is 27.9 Å². The lowest BCUT2D eigenvalue weighted by atomic mass is 10.6. The molecule has 0 aliphatic carbocycles. The molecule has 0 aliphatic rings. The Bertz CT molecular complexity index is 241. The van der Waals surface area contributed by atoms with E-state index in [0.29, 0.717) is 5.88 Å². The third kappa shape index (κ3) is 1.30. The van der Waals surface area contributed by atoms with Crippen molar-refractivity contribution < 1.29 is 4.74 Å². The Hall–Kier alpha value is -0.540. The maximum atomic E-state index is 5.61. The van der Waals surface area contributed by atoms with Gasteiger partial charge in [-0.15, -0.1) is 0 Å². The predicted octanol–water partition coefficient (Wildman–Crippen LogP) is 1.79. The van der Waals surface area contributed by atoms with Gasteiger partial charge in [-0.1, -0.05) is 23.2 Å². The first kappa shape index (κ1) is 7.57. The van der Waals surface area contributed by atoms with Crippen LogP contribution in [0.1, 0.15) is 0 Å². The molecule has 0 radical (unpaired) electrons. The van der Waals surface area contributed by atoms with Gasteiger partial charge in [0.2, 0.25) is 5.88 Å². The summed E-state index contributed by atoms with van der Waals surface area (Å²) < 4.78 is 4.76. The molecule has 0 N–H and O–H groups in total. The molecule has 0 unspecified atom stereocenters. The van der Waals surface area contributed by atoms with Gasteiger partial charge >= 0.3 is 0 Å². The van der Waals surface area contributed by atoms with Gasteiger partial charge in [0.05, 0.1) is 7.11 Å². The molecule has 3 nitrogen and oxygen atoms in total. The van der Waals surface area contributed by atoms with Crippen LogP contribution in [-0.4, -0.2) is 17.1 Å². The lowest BCUT2D eigenvalue weighted by molar-refractivity contribution is 0.397. The third-order valence-corrected chi connectivity index (χ3v) is 1.63. The van der Waals surface area contributed by atoms with Crippen molar-refractivity contribution in [3.63, 3.8) is 0 Å². The number of rotatable bonds is 1. The van der Waals surface area contributed by atoms with Crippen molar-refractivity contribution in [2.24, 2.45) is 0 Å². The maximum absolute atomic E-state index is 5.61. The quantitative estimate of drug-likeness (QED) is 0.616. The van der Waals surface area contributed by atoms with E-state index < -0.39 is 0 Å². The predicted molar refractivity (Wildman–Crippen MR) is 38.6 cm³/mol. The third-order valence-electron chi connectivity index (χ3n) is 0.908. The molecule has 1 rings (SSSR count). The summed E-state index contributed by atoms with van der Waals surface area (Å²) in [6.07, 6.45) is 1.28. The van der Waals surface area contributed by atoms with E-state index in [1.807, 2.05) is 0 Å². The Morgan fingerprint density at radius 1 is 1.40 bits per heavy atom. The molecule has 0 bridgehead atoms. The van der Waals surface area contributed by atoms with E-state index in [0.717, 1.165) is 0 Å². The normalized spacial score (nSPS) is 9.50. The smallest absolute Gasteiger partial charge is 0.237 e. The highest BCUT2D eigenvalue weighted by atomic mass is 35.5. The number of aromatic nitrogens is 2. The fourth-order valence-corrected chi connectivity index (χ4v) is 0.775. The summed E-state index contributed by atoms with van der Waals surface area (Å²) >= 11 is 11.1. The average molecular weight is 179 g/mol. The van der Waals surface area contributed by atoms with E-state index in [-0.39, 0.29) is 10.2 Å². The largest absolute Gasteiger partial charge is 0.480 e. The number of methoxy groups -OCH3 is 1. The van der Waals surface area contributed by atoms with E-state index in [1.165, 1.54) is 13.4 Å². The second kappa shape index (κ2) is 3.03. The summed E-state index contributed by atoms with van der Waals surface area (Å²) in [6.45, 7) is 0. The van der Waals surface area contributed by atoms with Crippen LogP contribution in [0.5, 0.6) is 5.88 Å². The molecule has 1 aromatic heterocycles. The molecule has 0 atom stereocenters. The number of nitrogens with zero attached hydrogens (tertiary/aromatic N) is 2. The summed E-state index contributed by atoms with van der Waals surface area (Å²) in [5, 5.41) is 0.445. The second-order valence-electron chi connectivity index (χ2n) is 1.49. The Kier molecular flexibility index (Phi) is 2.29. The topological polar surface area (TPSA) is 35.0 Å². The van der Waals surface area contributed by atoms with Gasteiger partial charge in [0.25, 0.3) is 0 Å². The van der Waals surface area contributed by atoms with Crippen molar-refractivity contribution >= 4 is 23.2 Å². The highest BCUT2D eigenvalue weighted by Gasteiger charge is 2.05. The fraction of sp³-hybridized carbons (Fsp3) is 0.200. The van der Waals surface area contributed by atoms with Gasteiger partial charge in [0.15, 0.2) is 5.15 Å². The second-order valence-corrected chi connectivity index (χ2v) is 2.22. The van der Waals surface area contributed by atoms with Crippen molar-refractivity contribution in [1.82, 2.24) is 9.97 Å². The van der Waals surface area contributed by atoms with Crippen molar-refractivity contribution in [2.45, 2.75) is 0 Å². The number of hydrogen-bond acceptors (Lipinski definition) is 3. The van der Waals surface area contributed by atoms with E-state index in [2.05, 4.69) is 9.97 Å². The number of ether oxygens (including phenoxy) is 1. The molecule has 0 fully saturated rings. The standard InChI is InChI=1S/C5H4Cl2N2O/c1-10-5-3(6)4(7)8-2-9-5/h2H,1H3. The summed E-state index contributed by atoms with van der Waals surface area (Å²) in [6, 6.07) is 0. The van der Waals surface area contributed by atoms with Crippen molar-refractivity contribution in [1.29, 1.82) is 0 Å². The minimum Gasteiger partial charge on any atom is -0.480 e. The zero-order valence-electron chi connectivity index (χ0n) is 5.14. The fourth-order valence-electron chi connectivity index (χ4n) is 0.476. The van der Waals surface area contributed by atoms with Crippen LogP contribution < -0.4 is 4.74 Å². The van der Waals surface area contributed by atoms with Crippen LogP contribution in [0, 0.1) is 0 Å². The summed E-state index contributed by atoms with van der Waals surface area (Å²) in [5.41, 5.74) is 0. The zero-order valence-corrected chi connectivity index (χ0v) is 6.65. The van der Waals surface area contributed by atoms with Crippen LogP contribution in [0.2, 0.25) is 10.2 Å². The van der Waals surface area contributed by atoms with Crippen LogP contribution >= 0.6 is 23.2 Å². The average Bonchev–Trinajstić information content (AvgIpc) is 1.95. The first-order valence-corrected chi connectivity index (χ1v) is 3.21. The van der Waals surface area contributed by atoms with E-state index >= 15 is 0 Å². The van der Waals surface area contributed by atoms with Crippen LogP contribution in [-0.2, 0) is 0 Å². The van der Waals surface area contributed by atoms with Gasteiger partial charge in [0, 0.05) is 0 Å². The van der Waals surface area contributed by atoms with Crippen LogP contribution in [0.4, 0.5) is 0 Å². The molecule has 1 aromatic rings. The molecule has 0 aromatic carbocycles. The molecule has 1 heterocycles. The Morgan fingerprint density at radius 2 is 2.10 bits per heavy atom. The van der Waals surface area contributed by atoms with E-state index in [9.17, 15) is 0 Å². The number of hydrogen-bond donors (Lipinski definition) is 0. The van der Waals surface area contributed by atoms with Gasteiger partial charge in [-0.05, 0) is 0 Å². The molecule has 5 heteroatoms.